The molecule has 8 heteroatoms. The number of methoxy groups -OCH3 is 2. The first kappa shape index (κ1) is 22.9. The molecule has 1 aliphatic heterocycles. The van der Waals surface area contributed by atoms with Crippen molar-refractivity contribution in [3.8, 4) is 22.6 Å². The summed E-state index contributed by atoms with van der Waals surface area (Å²) in [6, 6.07) is 14.9. The number of hydrogen-bond donors (Lipinski definition) is 0. The molecule has 4 aromatic rings. The molecule has 0 N–H and O–H groups in total. The lowest BCUT2D eigenvalue weighted by Gasteiger charge is -2.26. The topological polar surface area (TPSA) is 84.6 Å². The Morgan fingerprint density at radius 1 is 0.914 bits per heavy atom. The van der Waals surface area contributed by atoms with E-state index in [1.165, 1.54) is 4.57 Å². The number of hydrogen-bond acceptors (Lipinski definition) is 6. The molecule has 0 atom stereocenters. The molecule has 8 nitrogen and oxygen atoms in total. The zero-order valence-electron chi connectivity index (χ0n) is 19.8. The molecule has 180 valence electrons. The highest BCUT2D eigenvalue weighted by molar-refractivity contribution is 5.84. The summed E-state index contributed by atoms with van der Waals surface area (Å²) >= 11 is 0. The molecule has 0 spiro atoms. The average Bonchev–Trinajstić information content (AvgIpc) is 2.92. The fraction of sp³-hybridized carbons (Fsp3) is 0.296. The van der Waals surface area contributed by atoms with Crippen LogP contribution in [-0.4, -0.2) is 41.6 Å². The molecule has 5 rings (SSSR count). The molecule has 35 heavy (non-hydrogen) atoms. The van der Waals surface area contributed by atoms with Gasteiger partial charge in [-0.2, -0.15) is 0 Å². The largest absolute Gasteiger partial charge is 0.493 e. The quantitative estimate of drug-likeness (QED) is 0.425. The molecule has 0 saturated carbocycles. The van der Waals surface area contributed by atoms with Crippen molar-refractivity contribution in [3.63, 3.8) is 0 Å². The first-order valence-electron chi connectivity index (χ1n) is 11.6. The van der Waals surface area contributed by atoms with E-state index in [2.05, 4.69) is 4.98 Å². The van der Waals surface area contributed by atoms with Crippen LogP contribution in [0.4, 0.5) is 0 Å². The monoisotopic (exact) mass is 473 g/mol. The van der Waals surface area contributed by atoms with Gasteiger partial charge in [-0.1, -0.05) is 12.1 Å². The summed E-state index contributed by atoms with van der Waals surface area (Å²) in [4.78, 5) is 31.5. The summed E-state index contributed by atoms with van der Waals surface area (Å²) in [5.74, 6) is 1.13. The fourth-order valence-corrected chi connectivity index (χ4v) is 4.70. The van der Waals surface area contributed by atoms with E-state index in [1.807, 2.05) is 36.4 Å². The second kappa shape index (κ2) is 9.76. The van der Waals surface area contributed by atoms with E-state index in [0.717, 1.165) is 29.5 Å². The van der Waals surface area contributed by atoms with Crippen LogP contribution < -0.4 is 20.7 Å². The molecule has 2 aromatic heterocycles. The molecule has 0 amide bonds. The van der Waals surface area contributed by atoms with Crippen LogP contribution in [0.3, 0.4) is 0 Å². The average molecular weight is 474 g/mol. The first-order valence-corrected chi connectivity index (χ1v) is 11.6. The molecular weight excluding hydrogens is 446 g/mol. The summed E-state index contributed by atoms with van der Waals surface area (Å²) in [5, 5.41) is 0.505. The molecule has 2 aromatic carbocycles. The third kappa shape index (κ3) is 4.33. The highest BCUT2D eigenvalue weighted by Crippen LogP contribution is 2.29. The standard InChI is InChI=1S/C27H27N3O5/c1-33-24-6-3-18(15-25(24)34-2)17-29-26(31)22-16-20(19-7-11-28-12-8-19)4-5-23(22)30(27(29)32)21-9-13-35-14-10-21/h3-8,11-12,15-16,21H,9-10,13-14,17H2,1-2H3. The van der Waals surface area contributed by atoms with E-state index >= 15 is 0 Å². The number of benzene rings is 2. The predicted molar refractivity (Wildman–Crippen MR) is 133 cm³/mol. The van der Waals surface area contributed by atoms with Crippen LogP contribution in [0, 0.1) is 0 Å². The predicted octanol–water partition coefficient (Wildman–Crippen LogP) is 3.64. The van der Waals surface area contributed by atoms with Gasteiger partial charge in [-0.05, 0) is 65.9 Å². The van der Waals surface area contributed by atoms with Crippen LogP contribution in [0.25, 0.3) is 22.0 Å². The molecular formula is C27H27N3O5. The lowest BCUT2D eigenvalue weighted by atomic mass is 10.0. The van der Waals surface area contributed by atoms with Crippen molar-refractivity contribution in [3.05, 3.63) is 87.3 Å². The third-order valence-corrected chi connectivity index (χ3v) is 6.53. The van der Waals surface area contributed by atoms with Crippen molar-refractivity contribution in [2.45, 2.75) is 25.4 Å². The Kier molecular flexibility index (Phi) is 6.37. The van der Waals surface area contributed by atoms with Gasteiger partial charge >= 0.3 is 5.69 Å². The first-order chi connectivity index (χ1) is 17.1. The van der Waals surface area contributed by atoms with Gasteiger partial charge in [0, 0.05) is 31.6 Å². The minimum atomic E-state index is -0.320. The normalized spacial score (nSPS) is 14.2. The third-order valence-electron chi connectivity index (χ3n) is 6.53. The van der Waals surface area contributed by atoms with Crippen molar-refractivity contribution in [1.82, 2.24) is 14.1 Å². The van der Waals surface area contributed by atoms with Gasteiger partial charge in [0.05, 0.1) is 31.7 Å². The van der Waals surface area contributed by atoms with Crippen molar-refractivity contribution >= 4 is 10.9 Å². The van der Waals surface area contributed by atoms with Crippen LogP contribution in [0.1, 0.15) is 24.4 Å². The number of ether oxygens (including phenoxy) is 3. The smallest absolute Gasteiger partial charge is 0.332 e. The van der Waals surface area contributed by atoms with E-state index in [9.17, 15) is 9.59 Å². The minimum Gasteiger partial charge on any atom is -0.493 e. The SMILES string of the molecule is COc1ccc(Cn2c(=O)c3cc(-c4ccncc4)ccc3n(C3CCOCC3)c2=O)cc1OC. The lowest BCUT2D eigenvalue weighted by Crippen LogP contribution is -2.42. The zero-order valence-corrected chi connectivity index (χ0v) is 19.8. The number of nitrogens with zero attached hydrogens (tertiary/aromatic N) is 3. The van der Waals surface area contributed by atoms with Gasteiger partial charge < -0.3 is 14.2 Å². The van der Waals surface area contributed by atoms with Crippen LogP contribution in [-0.2, 0) is 11.3 Å². The van der Waals surface area contributed by atoms with Gasteiger partial charge in [0.15, 0.2) is 11.5 Å². The van der Waals surface area contributed by atoms with Crippen molar-refractivity contribution < 1.29 is 14.2 Å². The van der Waals surface area contributed by atoms with Crippen molar-refractivity contribution in [2.24, 2.45) is 0 Å². The van der Waals surface area contributed by atoms with Gasteiger partial charge in [-0.3, -0.25) is 18.9 Å². The molecule has 0 unspecified atom stereocenters. The Labute approximate surface area is 202 Å². The van der Waals surface area contributed by atoms with E-state index in [1.54, 1.807) is 43.3 Å². The highest BCUT2D eigenvalue weighted by Gasteiger charge is 2.23. The van der Waals surface area contributed by atoms with E-state index in [0.29, 0.717) is 35.6 Å². The van der Waals surface area contributed by atoms with Crippen LogP contribution in [0.2, 0.25) is 0 Å². The summed E-state index contributed by atoms with van der Waals surface area (Å²) < 4.78 is 19.4. The fourth-order valence-electron chi connectivity index (χ4n) is 4.70. The van der Waals surface area contributed by atoms with E-state index < -0.39 is 0 Å². The van der Waals surface area contributed by atoms with Gasteiger partial charge in [0.1, 0.15) is 0 Å². The molecule has 0 radical (unpaired) electrons. The van der Waals surface area contributed by atoms with Gasteiger partial charge in [-0.25, -0.2) is 4.79 Å². The summed E-state index contributed by atoms with van der Waals surface area (Å²) in [5.41, 5.74) is 2.63. The summed E-state index contributed by atoms with van der Waals surface area (Å²) in [7, 11) is 3.13. The minimum absolute atomic E-state index is 0.0391. The maximum Gasteiger partial charge on any atom is 0.332 e. The molecule has 1 aliphatic rings. The van der Waals surface area contributed by atoms with Crippen LogP contribution in [0.15, 0.2) is 70.5 Å². The Morgan fingerprint density at radius 2 is 1.66 bits per heavy atom. The zero-order chi connectivity index (χ0) is 24.4. The second-order valence-electron chi connectivity index (χ2n) is 8.54. The second-order valence-corrected chi connectivity index (χ2v) is 8.54. The highest BCUT2D eigenvalue weighted by atomic mass is 16.5. The van der Waals surface area contributed by atoms with Gasteiger partial charge in [0.25, 0.3) is 5.56 Å². The number of rotatable bonds is 6. The Bertz CT molecular complexity index is 1470. The van der Waals surface area contributed by atoms with Crippen LogP contribution in [0.5, 0.6) is 11.5 Å². The number of fused-ring (bicyclic) bond motifs is 1. The van der Waals surface area contributed by atoms with Crippen LogP contribution >= 0.6 is 0 Å². The number of aromatic nitrogens is 3. The van der Waals surface area contributed by atoms with Gasteiger partial charge in [-0.15, -0.1) is 0 Å². The molecule has 0 aliphatic carbocycles. The molecule has 3 heterocycles. The molecule has 1 fully saturated rings. The number of pyridine rings is 1. The Balaban J connectivity index is 1.70. The maximum atomic E-state index is 13.8. The Hall–Kier alpha value is -3.91. The van der Waals surface area contributed by atoms with Gasteiger partial charge in [0.2, 0.25) is 0 Å². The molecule has 1 saturated heterocycles. The van der Waals surface area contributed by atoms with Crippen molar-refractivity contribution in [1.29, 1.82) is 0 Å². The molecule has 0 bridgehead atoms. The lowest BCUT2D eigenvalue weighted by molar-refractivity contribution is 0.0691. The van der Waals surface area contributed by atoms with E-state index in [-0.39, 0.29) is 23.8 Å². The van der Waals surface area contributed by atoms with Crippen molar-refractivity contribution in [2.75, 3.05) is 27.4 Å². The maximum absolute atomic E-state index is 13.8. The summed E-state index contributed by atoms with van der Waals surface area (Å²) in [6.07, 6.45) is 4.88. The van der Waals surface area contributed by atoms with E-state index in [4.69, 9.17) is 14.2 Å². The summed E-state index contributed by atoms with van der Waals surface area (Å²) in [6.45, 7) is 1.29. The Morgan fingerprint density at radius 3 is 2.37 bits per heavy atom.